The van der Waals surface area contributed by atoms with Gasteiger partial charge in [-0.2, -0.15) is 0 Å². The lowest BCUT2D eigenvalue weighted by atomic mass is 9.79. The van der Waals surface area contributed by atoms with Crippen LogP contribution in [-0.2, 0) is 56.9 Å². The lowest BCUT2D eigenvalue weighted by Crippen LogP contribution is -2.24. The van der Waals surface area contributed by atoms with Crippen LogP contribution >= 0.6 is 0 Å². The molecule has 0 unspecified atom stereocenters. The predicted octanol–water partition coefficient (Wildman–Crippen LogP) is 13.4. The van der Waals surface area contributed by atoms with Crippen LogP contribution in [-0.4, -0.2) is 71.8 Å². The number of unbranched alkanes of at least 4 members (excludes halogenated alkanes) is 8. The molecule has 10 nitrogen and oxygen atoms in total. The summed E-state index contributed by atoms with van der Waals surface area (Å²) in [6.07, 6.45) is 12.3. The smallest absolute Gasteiger partial charge is 0.219 e. The zero-order valence-corrected chi connectivity index (χ0v) is 49.0. The number of nitrogens with one attached hydrogen (secondary N) is 2. The third-order valence-corrected chi connectivity index (χ3v) is 14.9. The summed E-state index contributed by atoms with van der Waals surface area (Å²) in [5, 5.41) is 49.6. The van der Waals surface area contributed by atoms with Crippen molar-refractivity contribution >= 4 is 11.8 Å². The van der Waals surface area contributed by atoms with Crippen molar-refractivity contribution in [3.63, 3.8) is 0 Å². The Morgan fingerprint density at radius 1 is 0.395 bits per heavy atom. The summed E-state index contributed by atoms with van der Waals surface area (Å²) < 4.78 is 14.0. The van der Waals surface area contributed by atoms with Crippen molar-refractivity contribution in [3.8, 4) is 23.0 Å². The minimum Gasteiger partial charge on any atom is -0.507 e. The van der Waals surface area contributed by atoms with Crippen LogP contribution < -0.4 is 20.1 Å². The average Bonchev–Trinajstić information content (AvgIpc) is 3.32. The van der Waals surface area contributed by atoms with Crippen LogP contribution in [0.4, 0.5) is 0 Å². The fourth-order valence-electron chi connectivity index (χ4n) is 9.95. The fourth-order valence-corrected chi connectivity index (χ4v) is 9.95. The molecule has 76 heavy (non-hydrogen) atoms. The van der Waals surface area contributed by atoms with Crippen LogP contribution in [0.3, 0.4) is 0 Å². The number of benzene rings is 4. The zero-order chi connectivity index (χ0) is 55.8. The molecule has 0 aromatic heterocycles. The van der Waals surface area contributed by atoms with Gasteiger partial charge in [0.1, 0.15) is 23.0 Å². The summed E-state index contributed by atoms with van der Waals surface area (Å²) in [7, 11) is 0. The summed E-state index contributed by atoms with van der Waals surface area (Å²) in [5.74, 6) is 2.18. The van der Waals surface area contributed by atoms with Crippen molar-refractivity contribution in [1.29, 1.82) is 0 Å². The molecule has 0 heterocycles. The Balaban J connectivity index is 1.62. The molecule has 10 heteroatoms. The van der Waals surface area contributed by atoms with Crippen molar-refractivity contribution in [1.82, 2.24) is 10.6 Å². The van der Waals surface area contributed by atoms with Crippen LogP contribution in [0.2, 0.25) is 0 Å². The molecule has 0 saturated heterocycles. The molecule has 1 aliphatic carbocycles. The molecule has 6 N–H and O–H groups in total. The van der Waals surface area contributed by atoms with E-state index in [0.717, 1.165) is 155 Å². The van der Waals surface area contributed by atoms with Crippen LogP contribution in [0.25, 0.3) is 0 Å². The number of rotatable bonds is 24. The average molecular weight is 1050 g/mol. The Bertz CT molecular complexity index is 2260. The Labute approximate surface area is 458 Å². The van der Waals surface area contributed by atoms with E-state index >= 15 is 0 Å². The van der Waals surface area contributed by atoms with Gasteiger partial charge in [0.25, 0.3) is 0 Å². The molecule has 0 spiro atoms. The van der Waals surface area contributed by atoms with Crippen molar-refractivity contribution in [2.24, 2.45) is 0 Å². The van der Waals surface area contributed by atoms with Crippen LogP contribution in [0.15, 0.2) is 48.5 Å². The van der Waals surface area contributed by atoms with Gasteiger partial charge < -0.3 is 40.5 Å². The maximum absolute atomic E-state index is 12.7. The molecular weight excluding hydrogens is 949 g/mol. The third kappa shape index (κ3) is 18.6. The van der Waals surface area contributed by atoms with E-state index in [-0.39, 0.29) is 58.2 Å². The summed E-state index contributed by atoms with van der Waals surface area (Å²) in [6.45, 7) is 29.2. The Morgan fingerprint density at radius 2 is 0.658 bits per heavy atom. The minimum atomic E-state index is -0.230. The van der Waals surface area contributed by atoms with E-state index < -0.39 is 0 Å². The second kappa shape index (κ2) is 28.0. The minimum absolute atomic E-state index is 0.0541. The Morgan fingerprint density at radius 3 is 0.921 bits per heavy atom. The summed E-state index contributed by atoms with van der Waals surface area (Å²) >= 11 is 0. The van der Waals surface area contributed by atoms with Gasteiger partial charge in [0.05, 0.1) is 13.2 Å². The van der Waals surface area contributed by atoms with Crippen LogP contribution in [0.1, 0.15) is 240 Å². The lowest BCUT2D eigenvalue weighted by molar-refractivity contribution is -0.122. The number of aliphatic hydroxyl groups is 2. The number of hydrogen-bond acceptors (Lipinski definition) is 8. The molecule has 0 radical (unpaired) electrons. The lowest BCUT2D eigenvalue weighted by Gasteiger charge is -2.28. The first-order chi connectivity index (χ1) is 35.8. The van der Waals surface area contributed by atoms with Gasteiger partial charge in [0.15, 0.2) is 0 Å². The van der Waals surface area contributed by atoms with E-state index in [1.165, 1.54) is 0 Å². The van der Waals surface area contributed by atoms with E-state index in [2.05, 4.69) is 142 Å². The summed E-state index contributed by atoms with van der Waals surface area (Å²) in [4.78, 5) is 25.2. The topological polar surface area (TPSA) is 158 Å². The summed E-state index contributed by atoms with van der Waals surface area (Å²) in [5.41, 5.74) is 10.8. The summed E-state index contributed by atoms with van der Waals surface area (Å²) in [6, 6.07) is 17.7. The molecule has 0 saturated carbocycles. The van der Waals surface area contributed by atoms with Crippen molar-refractivity contribution in [2.45, 2.75) is 220 Å². The largest absolute Gasteiger partial charge is 0.507 e. The van der Waals surface area contributed by atoms with E-state index in [0.29, 0.717) is 64.8 Å². The highest BCUT2D eigenvalue weighted by molar-refractivity contribution is 5.76. The molecule has 0 atom stereocenters. The normalized spacial score (nSPS) is 13.1. The number of carbonyl (C=O) groups excluding carboxylic acids is 2. The second-order valence-corrected chi connectivity index (χ2v) is 25.8. The van der Waals surface area contributed by atoms with Gasteiger partial charge in [-0.15, -0.1) is 0 Å². The van der Waals surface area contributed by atoms with Crippen molar-refractivity contribution in [3.05, 3.63) is 115 Å². The Kier molecular flexibility index (Phi) is 22.8. The van der Waals surface area contributed by atoms with Crippen LogP contribution in [0, 0.1) is 0 Å². The van der Waals surface area contributed by atoms with Gasteiger partial charge in [-0.1, -0.05) is 132 Å². The molecule has 4 aromatic rings. The zero-order valence-electron chi connectivity index (χ0n) is 49.0. The fraction of sp³-hybridized carbons (Fsp3) is 0.606. The molecule has 0 aliphatic heterocycles. The number of carbonyl (C=O) groups is 2. The molecule has 2 amide bonds. The molecule has 5 rings (SSSR count). The van der Waals surface area contributed by atoms with E-state index in [1.807, 2.05) is 0 Å². The monoisotopic (exact) mass is 1050 g/mol. The van der Waals surface area contributed by atoms with E-state index in [9.17, 15) is 19.8 Å². The van der Waals surface area contributed by atoms with Gasteiger partial charge in [-0.3, -0.25) is 9.59 Å². The first-order valence-corrected chi connectivity index (χ1v) is 28.8. The number of phenols is 2. The number of hydrogen-bond donors (Lipinski definition) is 6. The van der Waals surface area contributed by atoms with E-state index in [1.54, 1.807) is 0 Å². The molecular formula is C66H98N2O8. The van der Waals surface area contributed by atoms with Crippen molar-refractivity contribution < 1.29 is 39.5 Å². The van der Waals surface area contributed by atoms with Gasteiger partial charge in [0, 0.05) is 64.8 Å². The molecule has 8 bridgehead atoms. The Hall–Kier alpha value is -5.06. The highest BCUT2D eigenvalue weighted by Gasteiger charge is 2.29. The van der Waals surface area contributed by atoms with Gasteiger partial charge in [-0.25, -0.2) is 0 Å². The van der Waals surface area contributed by atoms with E-state index in [4.69, 9.17) is 19.7 Å². The number of aromatic hydroxyl groups is 2. The maximum Gasteiger partial charge on any atom is 0.219 e. The third-order valence-electron chi connectivity index (χ3n) is 14.9. The highest BCUT2D eigenvalue weighted by atomic mass is 16.5. The molecule has 1 aliphatic rings. The number of amides is 2. The quantitative estimate of drug-likeness (QED) is 0.0334. The van der Waals surface area contributed by atoms with Crippen molar-refractivity contribution in [2.75, 3.05) is 39.5 Å². The van der Waals surface area contributed by atoms with Gasteiger partial charge in [-0.05, 0) is 165 Å². The SMILES string of the molecule is CC(C)(C)c1cc2c(O)c(c1)Cc1cc(C(C)(C)C)cc(c1OCCCCCC(=O)NCCCCCO)Cc1cc(C(C)(C)C)cc(c1O)Cc1cc(C(C)(C)C)cc(c1OCCCCCC(=O)NCCCCCO)C2. The molecule has 4 aromatic carbocycles. The second-order valence-electron chi connectivity index (χ2n) is 25.8. The maximum atomic E-state index is 12.7. The molecule has 420 valence electrons. The first kappa shape index (κ1) is 61.8. The predicted molar refractivity (Wildman–Crippen MR) is 311 cm³/mol. The van der Waals surface area contributed by atoms with Crippen LogP contribution in [0.5, 0.6) is 23.0 Å². The molecule has 0 fully saturated rings. The van der Waals surface area contributed by atoms with Gasteiger partial charge >= 0.3 is 0 Å². The van der Waals surface area contributed by atoms with Gasteiger partial charge in [0.2, 0.25) is 11.8 Å². The number of ether oxygens (including phenoxy) is 2. The number of aliphatic hydroxyl groups excluding tert-OH is 2. The standard InChI is InChI=1S/C66H98N2O8/c1-63(2,3)53-37-45-33-49-41-55(65(7,8)9)43-51(61(49)75-31-23-13-17-25-57(71)67-27-19-15-21-29-69)35-47-39-54(64(4,5)6)40-48(60(47)74)36-52-44-56(66(10,11)12)42-50(34-46(38-53)59(45)73)62(52)76-32-24-14-18-26-58(72)68-28-20-16-22-30-70/h37-44,69-70,73-74H,13-36H2,1-12H3,(H,67,71)(H,68,72). The number of fused-ring (bicyclic) bond motifs is 8. The number of phenolic OH excluding ortho intramolecular Hbond substituents is 2. The first-order valence-electron chi connectivity index (χ1n) is 28.8. The highest BCUT2D eigenvalue weighted by Crippen LogP contribution is 2.44.